The van der Waals surface area contributed by atoms with E-state index in [0.717, 1.165) is 0 Å². The van der Waals surface area contributed by atoms with Crippen LogP contribution in [0.25, 0.3) is 0 Å². The van der Waals surface area contributed by atoms with Crippen LogP contribution in [0.1, 0.15) is 5.56 Å². The van der Waals surface area contributed by atoms with Gasteiger partial charge in [0.05, 0.1) is 9.95 Å². The highest BCUT2D eigenvalue weighted by atomic mass is 79.9. The molecule has 20 heavy (non-hydrogen) atoms. The largest absolute Gasteiger partial charge is 0.455 e. The van der Waals surface area contributed by atoms with E-state index in [0.29, 0.717) is 32.4 Å². The Bertz CT molecular complexity index is 664. The van der Waals surface area contributed by atoms with E-state index in [1.807, 2.05) is 0 Å². The van der Waals surface area contributed by atoms with E-state index in [1.54, 1.807) is 18.2 Å². The van der Waals surface area contributed by atoms with Crippen LogP contribution in [0, 0.1) is 10.1 Å². The quantitative estimate of drug-likeness (QED) is 0.397. The number of nitro groups is 1. The van der Waals surface area contributed by atoms with Crippen LogP contribution < -0.4 is 4.74 Å². The number of benzene rings is 2. The maximum absolute atomic E-state index is 10.7. The first-order valence-electron chi connectivity index (χ1n) is 5.48. The molecule has 0 aliphatic rings. The van der Waals surface area contributed by atoms with Crippen molar-refractivity contribution in [2.45, 2.75) is 5.33 Å². The fourth-order valence-corrected chi connectivity index (χ4v) is 2.33. The number of non-ortho nitro benzene ring substituents is 1. The summed E-state index contributed by atoms with van der Waals surface area (Å²) in [6.07, 6.45) is 0. The van der Waals surface area contributed by atoms with Gasteiger partial charge in [0.25, 0.3) is 5.69 Å². The molecule has 0 amide bonds. The zero-order valence-corrected chi connectivity index (χ0v) is 13.1. The average molecular weight is 377 g/mol. The molecule has 104 valence electrons. The summed E-state index contributed by atoms with van der Waals surface area (Å²) in [7, 11) is 0. The van der Waals surface area contributed by atoms with E-state index < -0.39 is 4.92 Å². The van der Waals surface area contributed by atoms with Gasteiger partial charge in [-0.15, -0.1) is 0 Å². The summed E-state index contributed by atoms with van der Waals surface area (Å²) in [5.74, 6) is 0.881. The smallest absolute Gasteiger partial charge is 0.270 e. The Morgan fingerprint density at radius 1 is 1.20 bits per heavy atom. The van der Waals surface area contributed by atoms with Crippen LogP contribution >= 0.6 is 39.1 Å². The van der Waals surface area contributed by atoms with E-state index >= 15 is 0 Å². The van der Waals surface area contributed by atoms with Crippen molar-refractivity contribution in [2.75, 3.05) is 0 Å². The van der Waals surface area contributed by atoms with Gasteiger partial charge in [-0.25, -0.2) is 0 Å². The molecule has 0 spiro atoms. The molecule has 0 aliphatic heterocycles. The van der Waals surface area contributed by atoms with E-state index in [1.165, 1.54) is 18.2 Å². The van der Waals surface area contributed by atoms with Crippen LogP contribution in [0.15, 0.2) is 36.4 Å². The molecule has 7 heteroatoms. The minimum atomic E-state index is -0.456. The molecule has 0 N–H and O–H groups in total. The molecular weight excluding hydrogens is 369 g/mol. The van der Waals surface area contributed by atoms with Crippen LogP contribution in [0.4, 0.5) is 5.69 Å². The van der Waals surface area contributed by atoms with Crippen molar-refractivity contribution in [3.05, 3.63) is 62.1 Å². The molecule has 0 aliphatic carbocycles. The zero-order valence-electron chi connectivity index (χ0n) is 9.98. The van der Waals surface area contributed by atoms with Gasteiger partial charge in [0.1, 0.15) is 16.5 Å². The van der Waals surface area contributed by atoms with Crippen molar-refractivity contribution < 1.29 is 9.66 Å². The second-order valence-corrected chi connectivity index (χ2v) is 5.18. The van der Waals surface area contributed by atoms with Gasteiger partial charge in [0, 0.05) is 23.0 Å². The molecule has 0 aromatic heterocycles. The molecule has 0 saturated carbocycles. The van der Waals surface area contributed by atoms with Crippen LogP contribution in [0.3, 0.4) is 0 Å². The lowest BCUT2D eigenvalue weighted by Crippen LogP contribution is -1.94. The summed E-state index contributed by atoms with van der Waals surface area (Å²) in [6.45, 7) is 0. The number of ether oxygens (including phenoxy) is 1. The molecule has 0 radical (unpaired) electrons. The number of alkyl halides is 1. The SMILES string of the molecule is O=[N+]([O-])c1ccc(Oc2cccc(Cl)c2Cl)c(CBr)c1. The summed E-state index contributed by atoms with van der Waals surface area (Å²) in [5.41, 5.74) is 0.652. The van der Waals surface area contributed by atoms with Crippen molar-refractivity contribution >= 4 is 44.8 Å². The van der Waals surface area contributed by atoms with Crippen molar-refractivity contribution in [3.63, 3.8) is 0 Å². The van der Waals surface area contributed by atoms with Gasteiger partial charge >= 0.3 is 0 Å². The lowest BCUT2D eigenvalue weighted by molar-refractivity contribution is -0.384. The normalized spacial score (nSPS) is 10.3. The highest BCUT2D eigenvalue weighted by Gasteiger charge is 2.13. The predicted molar refractivity (Wildman–Crippen MR) is 82.3 cm³/mol. The number of hydrogen-bond donors (Lipinski definition) is 0. The number of halogens is 3. The highest BCUT2D eigenvalue weighted by Crippen LogP contribution is 2.37. The third-order valence-corrected chi connectivity index (χ3v) is 3.94. The molecule has 0 atom stereocenters. The Morgan fingerprint density at radius 2 is 1.95 bits per heavy atom. The lowest BCUT2D eigenvalue weighted by atomic mass is 10.2. The van der Waals surface area contributed by atoms with Crippen molar-refractivity contribution in [1.82, 2.24) is 0 Å². The minimum absolute atomic E-state index is 0.00370. The second kappa shape index (κ2) is 6.43. The summed E-state index contributed by atoms with van der Waals surface area (Å²) in [4.78, 5) is 10.3. The molecule has 0 saturated heterocycles. The number of nitro benzene ring substituents is 1. The zero-order chi connectivity index (χ0) is 14.7. The van der Waals surface area contributed by atoms with Gasteiger partial charge in [-0.3, -0.25) is 10.1 Å². The van der Waals surface area contributed by atoms with Crippen molar-refractivity contribution in [1.29, 1.82) is 0 Å². The molecule has 4 nitrogen and oxygen atoms in total. The van der Waals surface area contributed by atoms with E-state index in [-0.39, 0.29) is 5.69 Å². The lowest BCUT2D eigenvalue weighted by Gasteiger charge is -2.11. The van der Waals surface area contributed by atoms with Crippen molar-refractivity contribution in [3.8, 4) is 11.5 Å². The maximum Gasteiger partial charge on any atom is 0.270 e. The first kappa shape index (κ1) is 15.1. The molecule has 0 heterocycles. The van der Waals surface area contributed by atoms with Crippen LogP contribution in [0.5, 0.6) is 11.5 Å². The van der Waals surface area contributed by atoms with Crippen LogP contribution in [-0.2, 0) is 5.33 Å². The molecule has 2 aromatic carbocycles. The number of nitrogens with zero attached hydrogens (tertiary/aromatic N) is 1. The monoisotopic (exact) mass is 375 g/mol. The predicted octanol–water partition coefficient (Wildman–Crippen LogP) is 5.59. The number of rotatable bonds is 4. The summed E-state index contributed by atoms with van der Waals surface area (Å²) >= 11 is 15.2. The van der Waals surface area contributed by atoms with Gasteiger partial charge in [-0.2, -0.15) is 0 Å². The Balaban J connectivity index is 2.38. The van der Waals surface area contributed by atoms with E-state index in [9.17, 15) is 10.1 Å². The molecule has 2 rings (SSSR count). The standard InChI is InChI=1S/C13H8BrCl2NO3/c14-7-8-6-9(17(18)19)4-5-11(8)20-12-3-1-2-10(15)13(12)16/h1-6H,7H2. The molecular formula is C13H8BrCl2NO3. The summed E-state index contributed by atoms with van der Waals surface area (Å²) in [6, 6.07) is 9.39. The second-order valence-electron chi connectivity index (χ2n) is 3.84. The fourth-order valence-electron chi connectivity index (χ4n) is 1.56. The Hall–Kier alpha value is -1.30. The van der Waals surface area contributed by atoms with E-state index in [4.69, 9.17) is 27.9 Å². The molecule has 0 bridgehead atoms. The van der Waals surface area contributed by atoms with Crippen LogP contribution in [-0.4, -0.2) is 4.92 Å². The first-order chi connectivity index (χ1) is 9.52. The number of hydrogen-bond acceptors (Lipinski definition) is 3. The summed E-state index contributed by atoms with van der Waals surface area (Å²) in [5, 5.41) is 11.8. The van der Waals surface area contributed by atoms with Gasteiger partial charge < -0.3 is 4.74 Å². The van der Waals surface area contributed by atoms with E-state index in [2.05, 4.69) is 15.9 Å². The topological polar surface area (TPSA) is 52.4 Å². The Morgan fingerprint density at radius 3 is 2.60 bits per heavy atom. The average Bonchev–Trinajstić information content (AvgIpc) is 2.44. The minimum Gasteiger partial charge on any atom is -0.455 e. The molecule has 0 unspecified atom stereocenters. The Kier molecular flexibility index (Phi) is 4.86. The third kappa shape index (κ3) is 3.23. The molecule has 2 aromatic rings. The maximum atomic E-state index is 10.7. The van der Waals surface area contributed by atoms with Gasteiger partial charge in [0.2, 0.25) is 0 Å². The third-order valence-electron chi connectivity index (χ3n) is 2.53. The molecule has 0 fully saturated rings. The van der Waals surface area contributed by atoms with Crippen LogP contribution in [0.2, 0.25) is 10.0 Å². The van der Waals surface area contributed by atoms with Gasteiger partial charge in [-0.1, -0.05) is 45.2 Å². The first-order valence-corrected chi connectivity index (χ1v) is 7.36. The Labute approximate surface area is 133 Å². The highest BCUT2D eigenvalue weighted by molar-refractivity contribution is 9.08. The fraction of sp³-hybridized carbons (Fsp3) is 0.0769. The van der Waals surface area contributed by atoms with Gasteiger partial charge in [0.15, 0.2) is 0 Å². The van der Waals surface area contributed by atoms with Crippen molar-refractivity contribution in [2.24, 2.45) is 0 Å². The van der Waals surface area contributed by atoms with Gasteiger partial charge in [-0.05, 0) is 18.2 Å². The summed E-state index contributed by atoms with van der Waals surface area (Å²) < 4.78 is 5.68.